The molecule has 0 amide bonds. The first-order valence-corrected chi connectivity index (χ1v) is 6.66. The number of hydrogen-bond acceptors (Lipinski definition) is 2. The minimum Gasteiger partial charge on any atom is -0.374 e. The molecule has 1 atom stereocenters. The predicted octanol–water partition coefficient (Wildman–Crippen LogP) is 3.32. The van der Waals surface area contributed by atoms with Crippen LogP contribution in [0, 0.1) is 5.92 Å². The summed E-state index contributed by atoms with van der Waals surface area (Å²) in [4.78, 5) is 2.28. The molecule has 2 nitrogen and oxygen atoms in total. The van der Waals surface area contributed by atoms with Gasteiger partial charge in [0.15, 0.2) is 0 Å². The van der Waals surface area contributed by atoms with Gasteiger partial charge in [0.1, 0.15) is 0 Å². The van der Waals surface area contributed by atoms with E-state index in [1.54, 1.807) is 0 Å². The van der Waals surface area contributed by atoms with Crippen molar-refractivity contribution in [3.63, 3.8) is 0 Å². The molecule has 0 aliphatic carbocycles. The molecule has 0 bridgehead atoms. The van der Waals surface area contributed by atoms with Crippen molar-refractivity contribution in [1.29, 1.82) is 0 Å². The van der Waals surface area contributed by atoms with E-state index in [9.17, 15) is 0 Å². The van der Waals surface area contributed by atoms with Gasteiger partial charge in [0, 0.05) is 24.3 Å². The number of halogens is 1. The van der Waals surface area contributed by atoms with Crippen LogP contribution >= 0.6 is 11.6 Å². The van der Waals surface area contributed by atoms with Crippen molar-refractivity contribution in [2.45, 2.75) is 26.7 Å². The lowest BCUT2D eigenvalue weighted by Gasteiger charge is -2.25. The number of hydrogen-bond donors (Lipinski definition) is 1. The Balaban J connectivity index is 2.91. The number of rotatable bonds is 6. The minimum absolute atomic E-state index is 0.633. The summed E-state index contributed by atoms with van der Waals surface area (Å²) in [6.07, 6.45) is 2.02. The van der Waals surface area contributed by atoms with Gasteiger partial charge in [-0.15, -0.1) is 0 Å². The molecule has 1 aromatic rings. The molecule has 96 valence electrons. The Bertz CT molecular complexity index is 352. The van der Waals surface area contributed by atoms with E-state index < -0.39 is 0 Å². The van der Waals surface area contributed by atoms with Crippen LogP contribution in [-0.4, -0.2) is 20.1 Å². The molecule has 0 aliphatic heterocycles. The molecule has 0 radical (unpaired) electrons. The van der Waals surface area contributed by atoms with Gasteiger partial charge in [-0.3, -0.25) is 0 Å². The summed E-state index contributed by atoms with van der Waals surface area (Å²) < 4.78 is 0. The normalized spacial score (nSPS) is 12.5. The molecule has 0 aromatic heterocycles. The Labute approximate surface area is 110 Å². The zero-order chi connectivity index (χ0) is 12.8. The average molecular weight is 255 g/mol. The third-order valence-electron chi connectivity index (χ3n) is 3.18. The molecule has 0 spiro atoms. The van der Waals surface area contributed by atoms with Crippen LogP contribution in [0.2, 0.25) is 5.02 Å². The molecule has 17 heavy (non-hydrogen) atoms. The Kier molecular flexibility index (Phi) is 5.79. The van der Waals surface area contributed by atoms with Gasteiger partial charge in [0.05, 0.1) is 0 Å². The van der Waals surface area contributed by atoms with E-state index in [0.29, 0.717) is 12.5 Å². The summed E-state index contributed by atoms with van der Waals surface area (Å²) in [6, 6.07) is 6.07. The molecular formula is C14H23ClN2. The smallest absolute Gasteiger partial charge is 0.0459 e. The van der Waals surface area contributed by atoms with Crippen molar-refractivity contribution in [2.24, 2.45) is 11.7 Å². The number of nitrogens with zero attached hydrogens (tertiary/aromatic N) is 1. The van der Waals surface area contributed by atoms with Gasteiger partial charge in [-0.1, -0.05) is 37.9 Å². The van der Waals surface area contributed by atoms with Crippen LogP contribution < -0.4 is 10.6 Å². The van der Waals surface area contributed by atoms with Crippen LogP contribution in [0.5, 0.6) is 0 Å². The third kappa shape index (κ3) is 3.90. The fraction of sp³-hybridized carbons (Fsp3) is 0.571. The highest BCUT2D eigenvalue weighted by atomic mass is 35.5. The topological polar surface area (TPSA) is 29.3 Å². The fourth-order valence-electron chi connectivity index (χ4n) is 1.99. The molecule has 0 aliphatic rings. The van der Waals surface area contributed by atoms with Gasteiger partial charge >= 0.3 is 0 Å². The quantitative estimate of drug-likeness (QED) is 0.844. The van der Waals surface area contributed by atoms with Gasteiger partial charge in [0.25, 0.3) is 0 Å². The van der Waals surface area contributed by atoms with Gasteiger partial charge in [-0.2, -0.15) is 0 Å². The number of nitrogens with two attached hydrogens (primary N) is 1. The van der Waals surface area contributed by atoms with Crippen molar-refractivity contribution in [3.05, 3.63) is 28.8 Å². The molecule has 1 rings (SSSR count). The number of benzene rings is 1. The molecule has 0 saturated heterocycles. The van der Waals surface area contributed by atoms with E-state index in [1.807, 2.05) is 12.1 Å². The SMILES string of the molecule is CCC(C)CN(C)c1cccc(Cl)c1CCN. The predicted molar refractivity (Wildman–Crippen MR) is 76.9 cm³/mol. The lowest BCUT2D eigenvalue weighted by atomic mass is 10.1. The van der Waals surface area contributed by atoms with Crippen LogP contribution in [0.4, 0.5) is 5.69 Å². The van der Waals surface area contributed by atoms with Gasteiger partial charge < -0.3 is 10.6 Å². The van der Waals surface area contributed by atoms with Crippen molar-refractivity contribution in [2.75, 3.05) is 25.0 Å². The first-order valence-electron chi connectivity index (χ1n) is 6.28. The summed E-state index contributed by atoms with van der Waals surface area (Å²) in [6.45, 7) is 6.17. The van der Waals surface area contributed by atoms with Gasteiger partial charge in [-0.25, -0.2) is 0 Å². The van der Waals surface area contributed by atoms with Crippen molar-refractivity contribution < 1.29 is 0 Å². The van der Waals surface area contributed by atoms with Crippen molar-refractivity contribution in [3.8, 4) is 0 Å². The Morgan fingerprint density at radius 3 is 2.71 bits per heavy atom. The summed E-state index contributed by atoms with van der Waals surface area (Å²) in [5.41, 5.74) is 8.03. The zero-order valence-electron chi connectivity index (χ0n) is 11.0. The van der Waals surface area contributed by atoms with Crippen LogP contribution in [0.3, 0.4) is 0 Å². The molecule has 1 aromatic carbocycles. The summed E-state index contributed by atoms with van der Waals surface area (Å²) in [5, 5.41) is 0.823. The molecule has 0 heterocycles. The van der Waals surface area contributed by atoms with Crippen molar-refractivity contribution >= 4 is 17.3 Å². The molecule has 3 heteroatoms. The van der Waals surface area contributed by atoms with E-state index in [2.05, 4.69) is 31.9 Å². The van der Waals surface area contributed by atoms with E-state index in [1.165, 1.54) is 17.7 Å². The monoisotopic (exact) mass is 254 g/mol. The lowest BCUT2D eigenvalue weighted by Crippen LogP contribution is -2.25. The van der Waals surface area contributed by atoms with Crippen molar-refractivity contribution in [1.82, 2.24) is 0 Å². The van der Waals surface area contributed by atoms with Gasteiger partial charge in [0.2, 0.25) is 0 Å². The van der Waals surface area contributed by atoms with E-state index >= 15 is 0 Å². The van der Waals surface area contributed by atoms with Crippen LogP contribution in [0.15, 0.2) is 18.2 Å². The molecule has 0 saturated carbocycles. The van der Waals surface area contributed by atoms with Gasteiger partial charge in [-0.05, 0) is 36.6 Å². The first-order chi connectivity index (χ1) is 8.10. The minimum atomic E-state index is 0.633. The zero-order valence-corrected chi connectivity index (χ0v) is 11.8. The highest BCUT2D eigenvalue weighted by molar-refractivity contribution is 6.31. The molecular weight excluding hydrogens is 232 g/mol. The second kappa shape index (κ2) is 6.87. The Morgan fingerprint density at radius 1 is 1.41 bits per heavy atom. The Hall–Kier alpha value is -0.730. The summed E-state index contributed by atoms with van der Waals surface area (Å²) in [7, 11) is 2.12. The lowest BCUT2D eigenvalue weighted by molar-refractivity contribution is 0.559. The van der Waals surface area contributed by atoms with E-state index in [-0.39, 0.29) is 0 Å². The maximum Gasteiger partial charge on any atom is 0.0459 e. The fourth-order valence-corrected chi connectivity index (χ4v) is 2.26. The Morgan fingerprint density at radius 2 is 2.12 bits per heavy atom. The number of anilines is 1. The molecule has 0 fully saturated rings. The maximum absolute atomic E-state index is 6.24. The largest absolute Gasteiger partial charge is 0.374 e. The van der Waals surface area contributed by atoms with Crippen LogP contribution in [0.1, 0.15) is 25.8 Å². The van der Waals surface area contributed by atoms with Crippen LogP contribution in [0.25, 0.3) is 0 Å². The van der Waals surface area contributed by atoms with E-state index in [0.717, 1.165) is 18.0 Å². The second-order valence-electron chi connectivity index (χ2n) is 4.67. The highest BCUT2D eigenvalue weighted by Gasteiger charge is 2.11. The first kappa shape index (κ1) is 14.3. The van der Waals surface area contributed by atoms with Crippen LogP contribution in [-0.2, 0) is 6.42 Å². The molecule has 2 N–H and O–H groups in total. The summed E-state index contributed by atoms with van der Waals surface area (Å²) >= 11 is 6.24. The highest BCUT2D eigenvalue weighted by Crippen LogP contribution is 2.27. The molecule has 1 unspecified atom stereocenters. The maximum atomic E-state index is 6.24. The third-order valence-corrected chi connectivity index (χ3v) is 3.54. The van der Waals surface area contributed by atoms with E-state index in [4.69, 9.17) is 17.3 Å². The summed E-state index contributed by atoms with van der Waals surface area (Å²) in [5.74, 6) is 0.685. The standard InChI is InChI=1S/C14H23ClN2/c1-4-11(2)10-17(3)14-7-5-6-13(15)12(14)8-9-16/h5-7,11H,4,8-10,16H2,1-3H3. The second-order valence-corrected chi connectivity index (χ2v) is 5.08. The average Bonchev–Trinajstić information content (AvgIpc) is 2.31.